The second-order valence-corrected chi connectivity index (χ2v) is 18.7. The lowest BCUT2D eigenvalue weighted by Gasteiger charge is -2.53. The van der Waals surface area contributed by atoms with E-state index in [1.54, 1.807) is 29.2 Å². The van der Waals surface area contributed by atoms with Crippen LogP contribution in [0.1, 0.15) is 120 Å². The lowest BCUT2D eigenvalue weighted by Crippen LogP contribution is -2.54. The first-order valence-electron chi connectivity index (χ1n) is 22.2. The van der Waals surface area contributed by atoms with E-state index in [1.165, 1.54) is 10.7 Å². The van der Waals surface area contributed by atoms with Crippen molar-refractivity contribution in [3.63, 3.8) is 0 Å². The van der Waals surface area contributed by atoms with E-state index in [-0.39, 0.29) is 59.3 Å². The number of alkyl halides is 2. The first kappa shape index (κ1) is 40.0. The number of carbonyl (C=O) groups is 5. The fourth-order valence-corrected chi connectivity index (χ4v) is 11.4. The molecule has 5 aliphatic heterocycles. The molecule has 11 rings (SSSR count). The second-order valence-electron chi connectivity index (χ2n) is 18.7. The fourth-order valence-electron chi connectivity index (χ4n) is 11.4. The third kappa shape index (κ3) is 7.12. The second kappa shape index (κ2) is 15.5. The zero-order valence-corrected chi connectivity index (χ0v) is 34.7. The highest BCUT2D eigenvalue weighted by Crippen LogP contribution is 2.51. The summed E-state index contributed by atoms with van der Waals surface area (Å²) in [6, 6.07) is 6.39. The van der Waals surface area contributed by atoms with Gasteiger partial charge in [-0.3, -0.25) is 38.9 Å². The van der Waals surface area contributed by atoms with Gasteiger partial charge in [-0.1, -0.05) is 6.07 Å². The minimum absolute atomic E-state index is 0.00926. The summed E-state index contributed by atoms with van der Waals surface area (Å²) in [7, 11) is 0. The predicted molar refractivity (Wildman–Crippen MR) is 222 cm³/mol. The number of piperidine rings is 2. The molecule has 1 spiro atoms. The van der Waals surface area contributed by atoms with Crippen molar-refractivity contribution in [2.24, 2.45) is 11.3 Å². The Hall–Kier alpha value is -5.82. The van der Waals surface area contributed by atoms with E-state index in [2.05, 4.69) is 35.9 Å². The van der Waals surface area contributed by atoms with Crippen LogP contribution < -0.4 is 20.9 Å². The molecule has 2 aliphatic carbocycles. The molecule has 3 N–H and O–H groups in total. The Labute approximate surface area is 360 Å². The standard InChI is InChI=1S/C44H49F2N11O6/c45-38(46)37-32(49-40(59)30-19-47-55-13-10-34(50-39(30)55)54-21-28-16-27(54)23-63-28)22-56(52-37)26-6-4-24(5-7-26)20-53-14-11-44(12-15-53)17-25(18-44)48-31-3-1-2-29-36(31)43(62)57(42(29)61)33-8-9-35(58)51-41(33)60/h1-3,10,13,19,22,24-28,33,38,48H,4-9,11-12,14-18,20-21,23H2,(H,49,59)(H,51,58,60)/t24?,26?,27-,28-,33?/m1/s1. The van der Waals surface area contributed by atoms with Gasteiger partial charge in [0.15, 0.2) is 11.3 Å². The number of likely N-dealkylation sites (tertiary alicyclic amines) is 1. The van der Waals surface area contributed by atoms with Crippen molar-refractivity contribution in [1.82, 2.24) is 39.5 Å². The van der Waals surface area contributed by atoms with Gasteiger partial charge in [-0.15, -0.1) is 0 Å². The molecule has 0 radical (unpaired) electrons. The summed E-state index contributed by atoms with van der Waals surface area (Å²) in [6.45, 7) is 4.36. The van der Waals surface area contributed by atoms with Crippen LogP contribution in [0.25, 0.3) is 5.65 Å². The molecule has 4 saturated heterocycles. The number of hydrogen-bond donors (Lipinski definition) is 3. The van der Waals surface area contributed by atoms with Gasteiger partial charge in [0, 0.05) is 43.6 Å². The summed E-state index contributed by atoms with van der Waals surface area (Å²) in [4.78, 5) is 75.1. The minimum Gasteiger partial charge on any atom is -0.382 e. The molecular weight excluding hydrogens is 817 g/mol. The van der Waals surface area contributed by atoms with Crippen LogP contribution in [0.15, 0.2) is 42.9 Å². The highest BCUT2D eigenvalue weighted by molar-refractivity contribution is 6.25. The number of nitrogens with zero attached hydrogens (tertiary/aromatic N) is 8. The number of fused-ring (bicyclic) bond motifs is 4. The minimum atomic E-state index is -2.87. The normalized spacial score (nSPS) is 27.1. The third-order valence-electron chi connectivity index (χ3n) is 14.8. The number of amides is 5. The molecule has 330 valence electrons. The van der Waals surface area contributed by atoms with Crippen LogP contribution in [-0.2, 0) is 14.3 Å². The molecule has 2 saturated carbocycles. The van der Waals surface area contributed by atoms with Gasteiger partial charge in [0.05, 0.1) is 47.8 Å². The molecule has 2 bridgehead atoms. The zero-order valence-electron chi connectivity index (χ0n) is 34.7. The van der Waals surface area contributed by atoms with Crippen LogP contribution in [-0.4, -0.2) is 121 Å². The maximum Gasteiger partial charge on any atom is 0.284 e. The molecule has 17 nitrogen and oxygen atoms in total. The van der Waals surface area contributed by atoms with Crippen LogP contribution >= 0.6 is 0 Å². The Morgan fingerprint density at radius 1 is 0.984 bits per heavy atom. The summed E-state index contributed by atoms with van der Waals surface area (Å²) in [5.41, 5.74) is 1.47. The first-order valence-corrected chi connectivity index (χ1v) is 22.2. The van der Waals surface area contributed by atoms with Crippen molar-refractivity contribution in [3.8, 4) is 0 Å². The van der Waals surface area contributed by atoms with Gasteiger partial charge < -0.3 is 25.2 Å². The molecule has 3 aromatic heterocycles. The largest absolute Gasteiger partial charge is 0.382 e. The molecule has 5 amide bonds. The average molecular weight is 866 g/mol. The molecule has 4 aromatic rings. The molecule has 1 aromatic carbocycles. The number of aromatic nitrogens is 5. The third-order valence-corrected chi connectivity index (χ3v) is 14.8. The number of imide groups is 2. The van der Waals surface area contributed by atoms with E-state index in [1.807, 2.05) is 12.1 Å². The Bertz CT molecular complexity index is 2520. The molecule has 8 heterocycles. The first-order chi connectivity index (χ1) is 30.5. The maximum atomic E-state index is 14.3. The molecular formula is C44H49F2N11O6. The van der Waals surface area contributed by atoms with Crippen molar-refractivity contribution in [2.45, 2.75) is 107 Å². The van der Waals surface area contributed by atoms with Crippen LogP contribution in [0, 0.1) is 11.3 Å². The molecule has 3 atom stereocenters. The van der Waals surface area contributed by atoms with Gasteiger partial charge >= 0.3 is 0 Å². The van der Waals surface area contributed by atoms with Gasteiger partial charge in [0.1, 0.15) is 17.4 Å². The van der Waals surface area contributed by atoms with Gasteiger partial charge in [-0.05, 0) is 107 Å². The van der Waals surface area contributed by atoms with Crippen molar-refractivity contribution in [1.29, 1.82) is 0 Å². The lowest BCUT2D eigenvalue weighted by atomic mass is 9.60. The number of morpholine rings is 1. The van der Waals surface area contributed by atoms with Crippen molar-refractivity contribution < 1.29 is 37.5 Å². The van der Waals surface area contributed by atoms with Gasteiger partial charge in [-0.25, -0.2) is 18.3 Å². The lowest BCUT2D eigenvalue weighted by molar-refractivity contribution is -0.136. The number of nitrogens with one attached hydrogen (secondary N) is 3. The SMILES string of the molecule is O=C1CCC(N2C(=O)c3cccc(NC4CC5(CCN(CC6CCC(n7cc(NC(=O)c8cnn9ccc(N%10C[C@H]%11C[C@@H]%10CO%11)nc89)c(C(F)F)n7)CC6)CC5)C4)c3C2=O)C(=O)N1. The number of ether oxygens (including phenoxy) is 1. The number of benzene rings is 1. The van der Waals surface area contributed by atoms with Crippen molar-refractivity contribution >= 4 is 52.4 Å². The summed E-state index contributed by atoms with van der Waals surface area (Å²) < 4.78 is 37.5. The van der Waals surface area contributed by atoms with Crippen LogP contribution in [0.4, 0.5) is 26.0 Å². The molecule has 7 aliphatic rings. The average Bonchev–Trinajstić information content (AvgIpc) is 4.11. The van der Waals surface area contributed by atoms with Gasteiger partial charge in [-0.2, -0.15) is 10.2 Å². The molecule has 63 heavy (non-hydrogen) atoms. The Morgan fingerprint density at radius 3 is 2.52 bits per heavy atom. The number of anilines is 3. The molecule has 6 fully saturated rings. The smallest absolute Gasteiger partial charge is 0.284 e. The number of rotatable bonds is 10. The van der Waals surface area contributed by atoms with Crippen molar-refractivity contribution in [3.05, 3.63) is 65.2 Å². The Balaban J connectivity index is 0.661. The van der Waals surface area contributed by atoms with Crippen molar-refractivity contribution in [2.75, 3.05) is 48.3 Å². The molecule has 1 unspecified atom stereocenters. The summed E-state index contributed by atoms with van der Waals surface area (Å²) in [5.74, 6) is -1.40. The van der Waals surface area contributed by atoms with Crippen LogP contribution in [0.3, 0.4) is 0 Å². The maximum absolute atomic E-state index is 14.3. The number of halogens is 2. The Kier molecular flexibility index (Phi) is 9.81. The number of hydrogen-bond acceptors (Lipinski definition) is 12. The van der Waals surface area contributed by atoms with E-state index in [9.17, 15) is 32.8 Å². The van der Waals surface area contributed by atoms with E-state index in [4.69, 9.17) is 9.72 Å². The zero-order chi connectivity index (χ0) is 43.1. The summed E-state index contributed by atoms with van der Waals surface area (Å²) in [5, 5.41) is 17.1. The van der Waals surface area contributed by atoms with E-state index >= 15 is 0 Å². The predicted octanol–water partition coefficient (Wildman–Crippen LogP) is 4.58. The van der Waals surface area contributed by atoms with E-state index in [0.717, 1.165) is 94.7 Å². The Morgan fingerprint density at radius 2 is 1.79 bits per heavy atom. The summed E-state index contributed by atoms with van der Waals surface area (Å²) >= 11 is 0. The summed E-state index contributed by atoms with van der Waals surface area (Å²) in [6.07, 6.45) is 10.7. The fraction of sp³-hybridized carbons (Fsp3) is 0.545. The van der Waals surface area contributed by atoms with Gasteiger partial charge in [0.2, 0.25) is 11.8 Å². The van der Waals surface area contributed by atoms with E-state index < -0.39 is 47.7 Å². The van der Waals surface area contributed by atoms with Crippen LogP contribution in [0.2, 0.25) is 0 Å². The number of carbonyl (C=O) groups excluding carboxylic acids is 5. The highest BCUT2D eigenvalue weighted by Gasteiger charge is 2.49. The van der Waals surface area contributed by atoms with Gasteiger partial charge in [0.25, 0.3) is 24.1 Å². The quantitative estimate of drug-likeness (QED) is 0.189. The highest BCUT2D eigenvalue weighted by atomic mass is 19.3. The topological polar surface area (TPSA) is 188 Å². The van der Waals surface area contributed by atoms with E-state index in [0.29, 0.717) is 29.4 Å². The van der Waals surface area contributed by atoms with Crippen LogP contribution in [0.5, 0.6) is 0 Å². The monoisotopic (exact) mass is 865 g/mol. The molecule has 19 heteroatoms.